The van der Waals surface area contributed by atoms with Crippen LogP contribution in [0.1, 0.15) is 5.56 Å². The molecule has 4 heteroatoms. The topological polar surface area (TPSA) is 72.2 Å². The predicted octanol–water partition coefficient (Wildman–Crippen LogP) is 1.19. The summed E-state index contributed by atoms with van der Waals surface area (Å²) >= 11 is 0. The van der Waals surface area contributed by atoms with Gasteiger partial charge < -0.3 is 11.1 Å². The van der Waals surface area contributed by atoms with E-state index in [1.54, 1.807) is 0 Å². The molecule has 92 valence electrons. The third-order valence-electron chi connectivity index (χ3n) is 2.70. The molecule has 0 saturated carbocycles. The zero-order chi connectivity index (χ0) is 13.0. The maximum absolute atomic E-state index is 11.5. The zero-order valence-electron chi connectivity index (χ0n) is 9.85. The molecule has 3 N–H and O–H groups in total. The number of hydrogen-bond donors (Lipinski definition) is 2. The molecule has 0 saturated heterocycles. The number of nitrogens with two attached hydrogens (primary N) is 1. The van der Waals surface area contributed by atoms with Gasteiger partial charge in [0.2, 0.25) is 0 Å². The summed E-state index contributed by atoms with van der Waals surface area (Å²) < 4.78 is 0. The van der Waals surface area contributed by atoms with Crippen molar-refractivity contribution in [3.63, 3.8) is 0 Å². The summed E-state index contributed by atoms with van der Waals surface area (Å²) in [4.78, 5) is 22.7. The molecule has 0 amide bonds. The third-order valence-corrected chi connectivity index (χ3v) is 2.70. The van der Waals surface area contributed by atoms with Crippen LogP contribution in [0.25, 0.3) is 0 Å². The first-order valence-corrected chi connectivity index (χ1v) is 5.69. The highest BCUT2D eigenvalue weighted by atomic mass is 16.1. The minimum Gasteiger partial charge on any atom is -0.381 e. The molecule has 1 aliphatic carbocycles. The Morgan fingerprint density at radius 2 is 1.78 bits per heavy atom. The van der Waals surface area contributed by atoms with Crippen LogP contribution in [0.15, 0.2) is 48.1 Å². The van der Waals surface area contributed by atoms with Gasteiger partial charge in [-0.25, -0.2) is 0 Å². The summed E-state index contributed by atoms with van der Waals surface area (Å²) in [6.07, 6.45) is 3.95. The van der Waals surface area contributed by atoms with Crippen molar-refractivity contribution in [1.29, 1.82) is 0 Å². The number of nitrogens with one attached hydrogen (secondary N) is 1. The number of carbonyl (C=O) groups is 2. The number of benzene rings is 1. The summed E-state index contributed by atoms with van der Waals surface area (Å²) in [5, 5.41) is 3.10. The summed E-state index contributed by atoms with van der Waals surface area (Å²) in [5.74, 6) is -0.273. The van der Waals surface area contributed by atoms with E-state index in [4.69, 9.17) is 5.73 Å². The van der Waals surface area contributed by atoms with Gasteiger partial charge in [-0.1, -0.05) is 12.1 Å². The second-order valence-electron chi connectivity index (χ2n) is 4.02. The van der Waals surface area contributed by atoms with Crippen molar-refractivity contribution in [3.05, 3.63) is 53.6 Å². The first-order chi connectivity index (χ1) is 8.69. The number of rotatable bonds is 4. The molecule has 1 aromatic rings. The van der Waals surface area contributed by atoms with E-state index in [0.717, 1.165) is 11.3 Å². The fourth-order valence-corrected chi connectivity index (χ4v) is 1.65. The third kappa shape index (κ3) is 2.93. The van der Waals surface area contributed by atoms with Gasteiger partial charge >= 0.3 is 0 Å². The number of allylic oxidation sites excluding steroid dienone is 3. The van der Waals surface area contributed by atoms with Crippen molar-refractivity contribution in [2.24, 2.45) is 5.73 Å². The molecule has 2 rings (SSSR count). The molecule has 0 radical (unpaired) electrons. The van der Waals surface area contributed by atoms with E-state index in [0.29, 0.717) is 18.7 Å². The Hall–Kier alpha value is -2.20. The number of anilines is 1. The monoisotopic (exact) mass is 242 g/mol. The number of carbonyl (C=O) groups excluding carboxylic acids is 2. The van der Waals surface area contributed by atoms with Crippen molar-refractivity contribution in [3.8, 4) is 0 Å². The first-order valence-electron chi connectivity index (χ1n) is 5.69. The van der Waals surface area contributed by atoms with Crippen molar-refractivity contribution in [2.75, 3.05) is 11.9 Å². The molecule has 0 heterocycles. The van der Waals surface area contributed by atoms with Gasteiger partial charge in [0.15, 0.2) is 11.6 Å². The molecular weight excluding hydrogens is 228 g/mol. The molecule has 1 aromatic carbocycles. The average Bonchev–Trinajstić information content (AvgIpc) is 2.40. The summed E-state index contributed by atoms with van der Waals surface area (Å²) in [5.41, 5.74) is 7.92. The molecule has 0 unspecified atom stereocenters. The van der Waals surface area contributed by atoms with Gasteiger partial charge in [-0.05, 0) is 35.9 Å². The van der Waals surface area contributed by atoms with Gasteiger partial charge in [0, 0.05) is 24.4 Å². The Morgan fingerprint density at radius 3 is 2.44 bits per heavy atom. The molecule has 0 aromatic heterocycles. The van der Waals surface area contributed by atoms with Crippen LogP contribution in [-0.4, -0.2) is 18.1 Å². The van der Waals surface area contributed by atoms with Crippen LogP contribution in [0.5, 0.6) is 0 Å². The quantitative estimate of drug-likeness (QED) is 0.778. The predicted molar refractivity (Wildman–Crippen MR) is 70.1 cm³/mol. The van der Waals surface area contributed by atoms with Crippen LogP contribution in [0.2, 0.25) is 0 Å². The van der Waals surface area contributed by atoms with E-state index in [1.807, 2.05) is 24.3 Å². The van der Waals surface area contributed by atoms with Crippen LogP contribution in [-0.2, 0) is 16.1 Å². The Kier molecular flexibility index (Phi) is 3.69. The highest BCUT2D eigenvalue weighted by Gasteiger charge is 2.12. The summed E-state index contributed by atoms with van der Waals surface area (Å²) in [7, 11) is 0. The van der Waals surface area contributed by atoms with Gasteiger partial charge in [-0.15, -0.1) is 0 Å². The largest absolute Gasteiger partial charge is 0.381 e. The molecular formula is C14H14N2O2. The molecule has 1 aliphatic rings. The number of hydrogen-bond acceptors (Lipinski definition) is 4. The van der Waals surface area contributed by atoms with E-state index in [1.165, 1.54) is 18.2 Å². The standard InChI is InChI=1S/C14H14N2O2/c15-8-10-1-3-12(4-2-10)16-9-11-7-13(17)5-6-14(11)18/h1-7,16H,8-9,15H2. The van der Waals surface area contributed by atoms with Gasteiger partial charge in [0.25, 0.3) is 0 Å². The lowest BCUT2D eigenvalue weighted by Crippen LogP contribution is -2.15. The molecule has 4 nitrogen and oxygen atoms in total. The van der Waals surface area contributed by atoms with Crippen molar-refractivity contribution in [2.45, 2.75) is 6.54 Å². The van der Waals surface area contributed by atoms with Crippen molar-refractivity contribution in [1.82, 2.24) is 0 Å². The molecule has 0 spiro atoms. The van der Waals surface area contributed by atoms with Crippen LogP contribution in [0, 0.1) is 0 Å². The lowest BCUT2D eigenvalue weighted by atomic mass is 10.0. The maximum Gasteiger partial charge on any atom is 0.183 e. The Labute approximate surface area is 105 Å². The minimum atomic E-state index is -0.148. The summed E-state index contributed by atoms with van der Waals surface area (Å²) in [6.45, 7) is 0.847. The minimum absolute atomic E-state index is 0.124. The second kappa shape index (κ2) is 5.42. The van der Waals surface area contributed by atoms with Gasteiger partial charge in [0.1, 0.15) is 0 Å². The smallest absolute Gasteiger partial charge is 0.183 e. The van der Waals surface area contributed by atoms with E-state index in [-0.39, 0.29) is 11.6 Å². The molecule has 0 aliphatic heterocycles. The van der Waals surface area contributed by atoms with Gasteiger partial charge in [0.05, 0.1) is 0 Å². The van der Waals surface area contributed by atoms with Crippen LogP contribution in [0.3, 0.4) is 0 Å². The molecule has 18 heavy (non-hydrogen) atoms. The first kappa shape index (κ1) is 12.3. The lowest BCUT2D eigenvalue weighted by Gasteiger charge is -2.10. The molecule has 0 atom stereocenters. The van der Waals surface area contributed by atoms with Gasteiger partial charge in [-0.2, -0.15) is 0 Å². The average molecular weight is 242 g/mol. The fourth-order valence-electron chi connectivity index (χ4n) is 1.65. The van der Waals surface area contributed by atoms with Crippen LogP contribution >= 0.6 is 0 Å². The normalized spacial score (nSPS) is 14.6. The maximum atomic E-state index is 11.5. The zero-order valence-corrected chi connectivity index (χ0v) is 9.85. The summed E-state index contributed by atoms with van der Waals surface area (Å²) in [6, 6.07) is 7.64. The van der Waals surface area contributed by atoms with Crippen molar-refractivity contribution >= 4 is 17.3 Å². The lowest BCUT2D eigenvalue weighted by molar-refractivity contribution is -0.114. The van der Waals surface area contributed by atoms with Crippen molar-refractivity contribution < 1.29 is 9.59 Å². The second-order valence-corrected chi connectivity index (χ2v) is 4.02. The van der Waals surface area contributed by atoms with E-state index < -0.39 is 0 Å². The molecule has 0 fully saturated rings. The molecule has 0 bridgehead atoms. The van der Waals surface area contributed by atoms with Crippen LogP contribution < -0.4 is 11.1 Å². The fraction of sp³-hybridized carbons (Fsp3) is 0.143. The Morgan fingerprint density at radius 1 is 1.06 bits per heavy atom. The van der Waals surface area contributed by atoms with E-state index >= 15 is 0 Å². The number of ketones is 2. The van der Waals surface area contributed by atoms with Crippen LogP contribution in [0.4, 0.5) is 5.69 Å². The highest BCUT2D eigenvalue weighted by molar-refractivity contribution is 6.17. The SMILES string of the molecule is NCc1ccc(NCC2=CC(=O)C=CC2=O)cc1. The highest BCUT2D eigenvalue weighted by Crippen LogP contribution is 2.11. The van der Waals surface area contributed by atoms with E-state index in [9.17, 15) is 9.59 Å². The Balaban J connectivity index is 1.98. The van der Waals surface area contributed by atoms with Gasteiger partial charge in [-0.3, -0.25) is 9.59 Å². The van der Waals surface area contributed by atoms with E-state index in [2.05, 4.69) is 5.32 Å². The Bertz CT molecular complexity index is 527.